The third kappa shape index (κ3) is 4.94. The molecule has 1 atom stereocenters. The van der Waals surface area contributed by atoms with Crippen LogP contribution in [0.3, 0.4) is 0 Å². The molecule has 0 saturated carbocycles. The molecule has 0 saturated heterocycles. The largest absolute Gasteiger partial charge is 0.497 e. The molecule has 3 rings (SSSR count). The molecule has 140 valence electrons. The molecule has 1 amide bonds. The Labute approximate surface area is 157 Å². The number of carbonyl (C=O) groups excluding carboxylic acids is 1. The van der Waals surface area contributed by atoms with Gasteiger partial charge in [0, 0.05) is 12.6 Å². The summed E-state index contributed by atoms with van der Waals surface area (Å²) in [7, 11) is 1.63. The van der Waals surface area contributed by atoms with Gasteiger partial charge in [0.25, 0.3) is 0 Å². The van der Waals surface area contributed by atoms with E-state index in [0.29, 0.717) is 13.0 Å². The van der Waals surface area contributed by atoms with Gasteiger partial charge in [-0.3, -0.25) is 4.79 Å². The number of aromatic nitrogens is 2. The van der Waals surface area contributed by atoms with Crippen molar-refractivity contribution in [2.24, 2.45) is 0 Å². The van der Waals surface area contributed by atoms with Gasteiger partial charge in [0.05, 0.1) is 25.0 Å². The van der Waals surface area contributed by atoms with E-state index < -0.39 is 0 Å². The van der Waals surface area contributed by atoms with E-state index in [1.54, 1.807) is 23.9 Å². The number of hydrogen-bond donors (Lipinski definition) is 1. The van der Waals surface area contributed by atoms with Gasteiger partial charge < -0.3 is 10.1 Å². The van der Waals surface area contributed by atoms with Gasteiger partial charge in [-0.25, -0.2) is 9.07 Å². The van der Waals surface area contributed by atoms with Gasteiger partial charge in [0.1, 0.15) is 11.6 Å². The molecule has 0 aliphatic heterocycles. The molecule has 0 radical (unpaired) electrons. The van der Waals surface area contributed by atoms with Crippen LogP contribution in [0.2, 0.25) is 0 Å². The molecule has 1 aromatic heterocycles. The highest BCUT2D eigenvalue weighted by molar-refractivity contribution is 5.76. The van der Waals surface area contributed by atoms with Crippen LogP contribution in [-0.2, 0) is 11.3 Å². The summed E-state index contributed by atoms with van der Waals surface area (Å²) < 4.78 is 19.9. The van der Waals surface area contributed by atoms with E-state index in [4.69, 9.17) is 4.74 Å². The zero-order valence-corrected chi connectivity index (χ0v) is 15.4. The molecule has 5 nitrogen and oxygen atoms in total. The van der Waals surface area contributed by atoms with Crippen molar-refractivity contribution in [1.82, 2.24) is 15.1 Å². The number of ether oxygens (including phenoxy) is 1. The number of amides is 1. The molecule has 27 heavy (non-hydrogen) atoms. The lowest BCUT2D eigenvalue weighted by atomic mass is 9.97. The van der Waals surface area contributed by atoms with E-state index in [1.807, 2.05) is 43.5 Å². The molecule has 0 spiro atoms. The molecule has 3 aromatic rings. The lowest BCUT2D eigenvalue weighted by molar-refractivity contribution is -0.121. The van der Waals surface area contributed by atoms with Gasteiger partial charge in [-0.15, -0.1) is 0 Å². The zero-order chi connectivity index (χ0) is 19.2. The predicted molar refractivity (Wildman–Crippen MR) is 101 cm³/mol. The van der Waals surface area contributed by atoms with Crippen LogP contribution in [0.25, 0.3) is 5.69 Å². The molecule has 0 aliphatic carbocycles. The van der Waals surface area contributed by atoms with Gasteiger partial charge in [-0.2, -0.15) is 5.10 Å². The molecular weight excluding hydrogens is 345 g/mol. The molecule has 0 aliphatic rings. The summed E-state index contributed by atoms with van der Waals surface area (Å²) in [6.45, 7) is 2.31. The molecule has 0 fully saturated rings. The fourth-order valence-corrected chi connectivity index (χ4v) is 2.78. The molecule has 0 bridgehead atoms. The minimum atomic E-state index is -0.275. The molecule has 1 N–H and O–H groups in total. The Morgan fingerprint density at radius 3 is 2.52 bits per heavy atom. The summed E-state index contributed by atoms with van der Waals surface area (Å²) in [6, 6.07) is 15.7. The maximum Gasteiger partial charge on any atom is 0.220 e. The minimum Gasteiger partial charge on any atom is -0.497 e. The molecule has 2 aromatic carbocycles. The average molecular weight is 367 g/mol. The lowest BCUT2D eigenvalue weighted by Crippen LogP contribution is -2.24. The van der Waals surface area contributed by atoms with Crippen molar-refractivity contribution in [2.75, 3.05) is 7.11 Å². The second kappa shape index (κ2) is 8.49. The Hall–Kier alpha value is -3.15. The summed E-state index contributed by atoms with van der Waals surface area (Å²) in [4.78, 5) is 12.2. The fraction of sp³-hybridized carbons (Fsp3) is 0.238. The summed E-state index contributed by atoms with van der Waals surface area (Å²) in [5.41, 5.74) is 2.63. The highest BCUT2D eigenvalue weighted by Gasteiger charge is 2.12. The smallest absolute Gasteiger partial charge is 0.220 e. The van der Waals surface area contributed by atoms with Gasteiger partial charge in [0.2, 0.25) is 5.91 Å². The summed E-state index contributed by atoms with van der Waals surface area (Å²) in [6.07, 6.45) is 2.19. The van der Waals surface area contributed by atoms with Crippen LogP contribution in [0.4, 0.5) is 4.39 Å². The lowest BCUT2D eigenvalue weighted by Gasteiger charge is -2.11. The van der Waals surface area contributed by atoms with Crippen LogP contribution in [0, 0.1) is 5.82 Å². The molecule has 6 heteroatoms. The first-order valence-electron chi connectivity index (χ1n) is 8.76. The van der Waals surface area contributed by atoms with Crippen molar-refractivity contribution in [3.05, 3.63) is 77.9 Å². The Kier molecular flexibility index (Phi) is 5.86. The quantitative estimate of drug-likeness (QED) is 0.690. The van der Waals surface area contributed by atoms with Crippen LogP contribution in [0.1, 0.15) is 30.5 Å². The monoisotopic (exact) mass is 367 g/mol. The van der Waals surface area contributed by atoms with E-state index in [2.05, 4.69) is 10.4 Å². The number of carbonyl (C=O) groups is 1. The minimum absolute atomic E-state index is 0.0162. The van der Waals surface area contributed by atoms with Crippen LogP contribution in [-0.4, -0.2) is 22.8 Å². The van der Waals surface area contributed by atoms with Gasteiger partial charge in [0.15, 0.2) is 0 Å². The Bertz CT molecular complexity index is 889. The average Bonchev–Trinajstić information content (AvgIpc) is 3.16. The molecule has 1 unspecified atom stereocenters. The predicted octanol–water partition coefficient (Wildman–Crippen LogP) is 3.83. The van der Waals surface area contributed by atoms with Crippen LogP contribution in [0.15, 0.2) is 60.8 Å². The van der Waals surface area contributed by atoms with Crippen molar-refractivity contribution >= 4 is 5.91 Å². The zero-order valence-electron chi connectivity index (χ0n) is 15.4. The summed E-state index contributed by atoms with van der Waals surface area (Å²) >= 11 is 0. The Balaban J connectivity index is 1.53. The number of rotatable bonds is 7. The maximum atomic E-state index is 13.0. The summed E-state index contributed by atoms with van der Waals surface area (Å²) in [5, 5.41) is 7.36. The first-order valence-corrected chi connectivity index (χ1v) is 8.76. The van der Waals surface area contributed by atoms with E-state index in [9.17, 15) is 9.18 Å². The van der Waals surface area contributed by atoms with Crippen molar-refractivity contribution in [3.63, 3.8) is 0 Å². The van der Waals surface area contributed by atoms with Crippen molar-refractivity contribution in [1.29, 1.82) is 0 Å². The van der Waals surface area contributed by atoms with Crippen LogP contribution < -0.4 is 10.1 Å². The molecule has 1 heterocycles. The van der Waals surface area contributed by atoms with E-state index in [1.165, 1.54) is 12.1 Å². The standard InChI is InChI=1S/C21H22FN3O2/c1-15(16-3-5-17(22)6-4-16)13-21(26)23-14-18-11-12-25(24-18)19-7-9-20(27-2)10-8-19/h3-12,15H,13-14H2,1-2H3,(H,23,26). The van der Waals surface area contributed by atoms with Crippen molar-refractivity contribution in [2.45, 2.75) is 25.8 Å². The number of benzene rings is 2. The third-order valence-corrected chi connectivity index (χ3v) is 4.38. The van der Waals surface area contributed by atoms with Crippen LogP contribution >= 0.6 is 0 Å². The van der Waals surface area contributed by atoms with Gasteiger partial charge in [-0.05, 0) is 53.9 Å². The van der Waals surface area contributed by atoms with Gasteiger partial charge >= 0.3 is 0 Å². The third-order valence-electron chi connectivity index (χ3n) is 4.38. The first-order chi connectivity index (χ1) is 13.0. The highest BCUT2D eigenvalue weighted by atomic mass is 19.1. The first kappa shape index (κ1) is 18.6. The van der Waals surface area contributed by atoms with Crippen LogP contribution in [0.5, 0.6) is 5.75 Å². The summed E-state index contributed by atoms with van der Waals surface area (Å²) in [5.74, 6) is 0.463. The fourth-order valence-electron chi connectivity index (χ4n) is 2.78. The second-order valence-corrected chi connectivity index (χ2v) is 6.38. The number of methoxy groups -OCH3 is 1. The molecular formula is C21H22FN3O2. The number of halogens is 1. The van der Waals surface area contributed by atoms with E-state index in [-0.39, 0.29) is 17.6 Å². The Morgan fingerprint density at radius 1 is 1.15 bits per heavy atom. The van der Waals surface area contributed by atoms with E-state index in [0.717, 1.165) is 22.7 Å². The highest BCUT2D eigenvalue weighted by Crippen LogP contribution is 2.19. The van der Waals surface area contributed by atoms with Gasteiger partial charge in [-0.1, -0.05) is 19.1 Å². The number of hydrogen-bond acceptors (Lipinski definition) is 3. The second-order valence-electron chi connectivity index (χ2n) is 6.38. The Morgan fingerprint density at radius 2 is 1.85 bits per heavy atom. The SMILES string of the molecule is COc1ccc(-n2ccc(CNC(=O)CC(C)c3ccc(F)cc3)n2)cc1. The van der Waals surface area contributed by atoms with Crippen molar-refractivity contribution < 1.29 is 13.9 Å². The topological polar surface area (TPSA) is 56.1 Å². The number of nitrogens with one attached hydrogen (secondary N) is 1. The normalized spacial score (nSPS) is 11.8. The number of nitrogens with zero attached hydrogens (tertiary/aromatic N) is 2. The van der Waals surface area contributed by atoms with E-state index >= 15 is 0 Å². The van der Waals surface area contributed by atoms with Crippen molar-refractivity contribution in [3.8, 4) is 11.4 Å². The maximum absolute atomic E-state index is 13.0.